The molecule has 6 heteroatoms. The number of benzene rings is 1. The third-order valence-corrected chi connectivity index (χ3v) is 3.49. The summed E-state index contributed by atoms with van der Waals surface area (Å²) >= 11 is 6.11. The summed E-state index contributed by atoms with van der Waals surface area (Å²) in [5.74, 6) is 0.408. The highest BCUT2D eigenvalue weighted by Gasteiger charge is 2.18. The number of halogens is 1. The van der Waals surface area contributed by atoms with E-state index in [1.807, 2.05) is 48.5 Å². The summed E-state index contributed by atoms with van der Waals surface area (Å²) in [6, 6.07) is 14.9. The van der Waals surface area contributed by atoms with E-state index in [0.29, 0.717) is 10.8 Å². The molecule has 0 bridgehead atoms. The topological polar surface area (TPSA) is 74.5 Å². The van der Waals surface area contributed by atoms with Gasteiger partial charge in [0.15, 0.2) is 11.5 Å². The normalized spacial score (nSPS) is 11.5. The van der Waals surface area contributed by atoms with E-state index in [0.717, 1.165) is 11.3 Å². The average Bonchev–Trinajstić information content (AvgIpc) is 2.60. The van der Waals surface area contributed by atoms with Crippen LogP contribution in [0.25, 0.3) is 0 Å². The predicted octanol–water partition coefficient (Wildman–Crippen LogP) is 3.60. The molecule has 0 fully saturated rings. The van der Waals surface area contributed by atoms with Crippen molar-refractivity contribution in [1.29, 1.82) is 5.26 Å². The number of anilines is 1. The lowest BCUT2D eigenvalue weighted by atomic mass is 10.0. The molecule has 23 heavy (non-hydrogen) atoms. The van der Waals surface area contributed by atoms with Crippen molar-refractivity contribution in [3.8, 4) is 6.07 Å². The van der Waals surface area contributed by atoms with E-state index in [1.165, 1.54) is 12.4 Å². The van der Waals surface area contributed by atoms with E-state index >= 15 is 0 Å². The Morgan fingerprint density at radius 3 is 2.61 bits per heavy atom. The Kier molecular flexibility index (Phi) is 4.46. The van der Waals surface area contributed by atoms with Gasteiger partial charge in [-0.25, -0.2) is 9.97 Å². The maximum atomic E-state index is 9.19. The zero-order valence-corrected chi connectivity index (χ0v) is 12.8. The molecule has 0 unspecified atom stereocenters. The number of nitriles is 1. The number of aromatic nitrogens is 3. The predicted molar refractivity (Wildman–Crippen MR) is 87.9 cm³/mol. The number of hydrogen-bond acceptors (Lipinski definition) is 5. The molecule has 0 saturated heterocycles. The van der Waals surface area contributed by atoms with Crippen LogP contribution in [0.3, 0.4) is 0 Å². The summed E-state index contributed by atoms with van der Waals surface area (Å²) in [4.78, 5) is 12.6. The maximum Gasteiger partial charge on any atom is 0.183 e. The molecular weight excluding hydrogens is 310 g/mol. The Morgan fingerprint density at radius 2 is 1.87 bits per heavy atom. The quantitative estimate of drug-likeness (QED) is 0.794. The number of hydrogen-bond donors (Lipinski definition) is 1. The smallest absolute Gasteiger partial charge is 0.183 e. The lowest BCUT2D eigenvalue weighted by molar-refractivity contribution is 0.873. The summed E-state index contributed by atoms with van der Waals surface area (Å²) in [5, 5.41) is 13.1. The van der Waals surface area contributed by atoms with Gasteiger partial charge >= 0.3 is 0 Å². The molecule has 0 aliphatic rings. The number of nitrogens with zero attached hydrogens (tertiary/aromatic N) is 4. The molecule has 3 rings (SSSR count). The zero-order valence-electron chi connectivity index (χ0n) is 12.0. The second kappa shape index (κ2) is 6.86. The summed E-state index contributed by atoms with van der Waals surface area (Å²) in [7, 11) is 0. The van der Waals surface area contributed by atoms with Crippen LogP contribution >= 0.6 is 11.6 Å². The molecule has 0 radical (unpaired) electrons. The van der Waals surface area contributed by atoms with Crippen molar-refractivity contribution in [2.45, 2.75) is 6.04 Å². The van der Waals surface area contributed by atoms with Crippen LogP contribution in [0.2, 0.25) is 5.02 Å². The fraction of sp³-hybridized carbons (Fsp3) is 0.0588. The van der Waals surface area contributed by atoms with Gasteiger partial charge in [0.2, 0.25) is 0 Å². The van der Waals surface area contributed by atoms with Crippen LogP contribution in [0.5, 0.6) is 0 Å². The van der Waals surface area contributed by atoms with Crippen LogP contribution in [-0.2, 0) is 0 Å². The van der Waals surface area contributed by atoms with E-state index in [4.69, 9.17) is 11.6 Å². The third kappa shape index (κ3) is 3.44. The maximum absolute atomic E-state index is 9.19. The van der Waals surface area contributed by atoms with Crippen molar-refractivity contribution in [3.63, 3.8) is 0 Å². The standard InChI is InChI=1S/C17H12ClN5/c18-13-5-3-4-12(10-13)16(14-6-1-2-7-20-14)23-17-15(11-19)21-8-9-22-17/h1-10,16H,(H,22,23)/t16-/m0/s1. The first-order chi connectivity index (χ1) is 11.3. The monoisotopic (exact) mass is 321 g/mol. The van der Waals surface area contributed by atoms with E-state index in [-0.39, 0.29) is 11.7 Å². The van der Waals surface area contributed by atoms with Crippen LogP contribution in [0.15, 0.2) is 61.1 Å². The van der Waals surface area contributed by atoms with Gasteiger partial charge in [-0.15, -0.1) is 0 Å². The highest BCUT2D eigenvalue weighted by atomic mass is 35.5. The summed E-state index contributed by atoms with van der Waals surface area (Å²) in [6.07, 6.45) is 4.74. The molecule has 0 saturated carbocycles. The van der Waals surface area contributed by atoms with Gasteiger partial charge in [0, 0.05) is 23.6 Å². The van der Waals surface area contributed by atoms with Crippen molar-refractivity contribution >= 4 is 17.4 Å². The van der Waals surface area contributed by atoms with Crippen LogP contribution in [0.4, 0.5) is 5.82 Å². The largest absolute Gasteiger partial charge is 0.355 e. The Hall–Kier alpha value is -2.97. The Labute approximate surface area is 138 Å². The summed E-state index contributed by atoms with van der Waals surface area (Å²) in [5.41, 5.74) is 1.95. The summed E-state index contributed by atoms with van der Waals surface area (Å²) in [6.45, 7) is 0. The zero-order chi connectivity index (χ0) is 16.1. The minimum Gasteiger partial charge on any atom is -0.355 e. The highest BCUT2D eigenvalue weighted by Crippen LogP contribution is 2.27. The Morgan fingerprint density at radius 1 is 1.00 bits per heavy atom. The van der Waals surface area contributed by atoms with E-state index in [2.05, 4.69) is 20.3 Å². The summed E-state index contributed by atoms with van der Waals surface area (Å²) < 4.78 is 0. The molecule has 0 amide bonds. The van der Waals surface area contributed by atoms with Crippen LogP contribution in [0, 0.1) is 11.3 Å². The number of nitrogens with one attached hydrogen (secondary N) is 1. The molecule has 5 nitrogen and oxygen atoms in total. The van der Waals surface area contributed by atoms with Gasteiger partial charge in [-0.2, -0.15) is 5.26 Å². The van der Waals surface area contributed by atoms with Crippen molar-refractivity contribution in [2.24, 2.45) is 0 Å². The molecule has 0 aliphatic heterocycles. The Bertz CT molecular complexity index is 845. The molecule has 0 aliphatic carbocycles. The molecule has 112 valence electrons. The average molecular weight is 322 g/mol. The first-order valence-corrected chi connectivity index (χ1v) is 7.30. The van der Waals surface area contributed by atoms with Crippen LogP contribution in [0.1, 0.15) is 23.0 Å². The Balaban J connectivity index is 2.04. The molecule has 2 heterocycles. The second-order valence-corrected chi connectivity index (χ2v) is 5.19. The third-order valence-electron chi connectivity index (χ3n) is 3.25. The van der Waals surface area contributed by atoms with Gasteiger partial charge in [0.25, 0.3) is 0 Å². The van der Waals surface area contributed by atoms with Gasteiger partial charge in [-0.1, -0.05) is 29.8 Å². The SMILES string of the molecule is N#Cc1nccnc1N[C@@H](c1cccc(Cl)c1)c1ccccn1. The van der Waals surface area contributed by atoms with Crippen molar-refractivity contribution in [3.05, 3.63) is 83.0 Å². The molecular formula is C17H12ClN5. The fourth-order valence-electron chi connectivity index (χ4n) is 2.22. The molecule has 3 aromatic rings. The van der Waals surface area contributed by atoms with Crippen molar-refractivity contribution in [2.75, 3.05) is 5.32 Å². The van der Waals surface area contributed by atoms with E-state index in [9.17, 15) is 5.26 Å². The van der Waals surface area contributed by atoms with Gasteiger partial charge in [0.05, 0.1) is 11.7 Å². The highest BCUT2D eigenvalue weighted by molar-refractivity contribution is 6.30. The minimum atomic E-state index is -0.293. The van der Waals surface area contributed by atoms with Gasteiger partial charge in [-0.05, 0) is 29.8 Å². The van der Waals surface area contributed by atoms with Crippen LogP contribution < -0.4 is 5.32 Å². The van der Waals surface area contributed by atoms with Crippen LogP contribution in [-0.4, -0.2) is 15.0 Å². The number of pyridine rings is 1. The number of rotatable bonds is 4. The second-order valence-electron chi connectivity index (χ2n) is 4.75. The minimum absolute atomic E-state index is 0.232. The molecule has 1 N–H and O–H groups in total. The van der Waals surface area contributed by atoms with Gasteiger partial charge < -0.3 is 5.32 Å². The fourth-order valence-corrected chi connectivity index (χ4v) is 2.42. The lowest BCUT2D eigenvalue weighted by Gasteiger charge is -2.19. The molecule has 1 atom stereocenters. The van der Waals surface area contributed by atoms with Crippen molar-refractivity contribution in [1.82, 2.24) is 15.0 Å². The lowest BCUT2D eigenvalue weighted by Crippen LogP contribution is -2.16. The molecule has 1 aromatic carbocycles. The van der Waals surface area contributed by atoms with E-state index < -0.39 is 0 Å². The van der Waals surface area contributed by atoms with Gasteiger partial charge in [0.1, 0.15) is 6.07 Å². The first kappa shape index (κ1) is 14.9. The first-order valence-electron chi connectivity index (χ1n) is 6.92. The molecule has 2 aromatic heterocycles. The van der Waals surface area contributed by atoms with Crippen molar-refractivity contribution < 1.29 is 0 Å². The molecule has 0 spiro atoms. The van der Waals surface area contributed by atoms with E-state index in [1.54, 1.807) is 6.20 Å². The van der Waals surface area contributed by atoms with Gasteiger partial charge in [-0.3, -0.25) is 4.98 Å².